The lowest BCUT2D eigenvalue weighted by molar-refractivity contribution is -0.382. The fourth-order valence-corrected chi connectivity index (χ4v) is 5.45. The van der Waals surface area contributed by atoms with Crippen molar-refractivity contribution in [3.63, 3.8) is 0 Å². The highest BCUT2D eigenvalue weighted by Gasteiger charge is 2.39. The molecule has 1 amide bonds. The number of carbonyl (C=O) groups excluding carboxylic acids is 1. The summed E-state index contributed by atoms with van der Waals surface area (Å²) in [6.45, 7) is 4.88. The summed E-state index contributed by atoms with van der Waals surface area (Å²) in [7, 11) is 0. The molecule has 1 aliphatic rings. The number of nitro groups is 1. The van der Waals surface area contributed by atoms with Crippen molar-refractivity contribution in [2.24, 2.45) is 0 Å². The number of nitro benzene ring substituents is 1. The first-order valence-electron chi connectivity index (χ1n) is 11.6. The molecular weight excluding hydrogens is 438 g/mol. The Kier molecular flexibility index (Phi) is 4.71. The molecule has 0 saturated heterocycles. The average molecular weight is 462 g/mol. The number of nitrogens with zero attached hydrogens (tertiary/aromatic N) is 2. The zero-order chi connectivity index (χ0) is 24.3. The van der Waals surface area contributed by atoms with Crippen molar-refractivity contribution in [1.82, 2.24) is 9.88 Å². The largest absolute Gasteiger partial charge is 0.349 e. The molecule has 6 rings (SSSR count). The number of rotatable bonds is 4. The number of para-hydroxylation sites is 1. The lowest BCUT2D eigenvalue weighted by atomic mass is 9.91. The van der Waals surface area contributed by atoms with Crippen LogP contribution < -0.4 is 0 Å². The Morgan fingerprint density at radius 3 is 2.31 bits per heavy atom. The monoisotopic (exact) mass is 461 g/mol. The molecular formula is C29H23N3O3. The standard InChI is InChI=1S/C29H23N3O3/c1-17-9-8-10-18(2)21(17)15-31-16-22-24(19-11-4-3-5-12-19)28(32(34)35)27-25(26(22)29(31)33)20-13-6-7-14-23(20)30-27/h3-14,30H,15-16H2,1-2H3. The molecule has 35 heavy (non-hydrogen) atoms. The molecule has 0 atom stereocenters. The van der Waals surface area contributed by atoms with Crippen molar-refractivity contribution in [2.75, 3.05) is 0 Å². The molecule has 4 aromatic carbocycles. The Bertz CT molecular complexity index is 1650. The number of hydrogen-bond donors (Lipinski definition) is 1. The second-order valence-electron chi connectivity index (χ2n) is 9.15. The van der Waals surface area contributed by atoms with Gasteiger partial charge in [-0.05, 0) is 47.7 Å². The first-order chi connectivity index (χ1) is 17.0. The van der Waals surface area contributed by atoms with Gasteiger partial charge in [0.1, 0.15) is 5.52 Å². The molecule has 0 spiro atoms. The third kappa shape index (κ3) is 3.14. The van der Waals surface area contributed by atoms with Crippen LogP contribution in [0.15, 0.2) is 72.8 Å². The number of carbonyl (C=O) groups is 1. The van der Waals surface area contributed by atoms with Crippen molar-refractivity contribution in [3.8, 4) is 11.1 Å². The van der Waals surface area contributed by atoms with Crippen LogP contribution in [0.4, 0.5) is 5.69 Å². The third-order valence-corrected chi connectivity index (χ3v) is 7.12. The summed E-state index contributed by atoms with van der Waals surface area (Å²) in [5.74, 6) is -0.0931. The van der Waals surface area contributed by atoms with Gasteiger partial charge in [-0.1, -0.05) is 66.7 Å². The summed E-state index contributed by atoms with van der Waals surface area (Å²) >= 11 is 0. The number of aromatic nitrogens is 1. The Balaban J connectivity index is 1.67. The van der Waals surface area contributed by atoms with E-state index in [-0.39, 0.29) is 16.5 Å². The average Bonchev–Trinajstić information content (AvgIpc) is 3.38. The second kappa shape index (κ2) is 7.81. The van der Waals surface area contributed by atoms with E-state index in [2.05, 4.69) is 4.98 Å². The van der Waals surface area contributed by atoms with Crippen molar-refractivity contribution < 1.29 is 9.72 Å². The zero-order valence-electron chi connectivity index (χ0n) is 19.5. The minimum absolute atomic E-state index is 0.0165. The Hall–Kier alpha value is -4.45. The van der Waals surface area contributed by atoms with Crippen molar-refractivity contribution >= 4 is 33.4 Å². The molecule has 6 heteroatoms. The molecule has 0 fully saturated rings. The van der Waals surface area contributed by atoms with E-state index >= 15 is 0 Å². The van der Waals surface area contributed by atoms with Crippen molar-refractivity contribution in [2.45, 2.75) is 26.9 Å². The van der Waals surface area contributed by atoms with Crippen LogP contribution in [0.1, 0.15) is 32.6 Å². The van der Waals surface area contributed by atoms with E-state index in [0.717, 1.165) is 38.7 Å². The number of aryl methyl sites for hydroxylation is 2. The maximum atomic E-state index is 14.0. The molecule has 2 heterocycles. The summed E-state index contributed by atoms with van der Waals surface area (Å²) in [6, 6.07) is 23.1. The predicted molar refractivity (Wildman–Crippen MR) is 137 cm³/mol. The van der Waals surface area contributed by atoms with E-state index in [1.165, 1.54) is 0 Å². The van der Waals surface area contributed by atoms with Gasteiger partial charge in [-0.15, -0.1) is 0 Å². The lowest BCUT2D eigenvalue weighted by Gasteiger charge is -2.19. The van der Waals surface area contributed by atoms with Crippen LogP contribution in [0.5, 0.6) is 0 Å². The predicted octanol–water partition coefficient (Wildman–Crippen LogP) is 6.67. The Morgan fingerprint density at radius 1 is 0.914 bits per heavy atom. The fourth-order valence-electron chi connectivity index (χ4n) is 5.45. The van der Waals surface area contributed by atoms with Crippen LogP contribution in [0.2, 0.25) is 0 Å². The molecule has 0 saturated carbocycles. The van der Waals surface area contributed by atoms with Gasteiger partial charge in [0.15, 0.2) is 0 Å². The molecule has 5 aromatic rings. The van der Waals surface area contributed by atoms with E-state index in [0.29, 0.717) is 35.1 Å². The summed E-state index contributed by atoms with van der Waals surface area (Å²) in [6.07, 6.45) is 0. The van der Waals surface area contributed by atoms with E-state index < -0.39 is 0 Å². The number of H-pyrrole nitrogens is 1. The van der Waals surface area contributed by atoms with Gasteiger partial charge >= 0.3 is 5.69 Å². The van der Waals surface area contributed by atoms with Crippen LogP contribution in [0.3, 0.4) is 0 Å². The van der Waals surface area contributed by atoms with E-state index in [1.807, 2.05) is 91.5 Å². The number of fused-ring (bicyclic) bond motifs is 5. The molecule has 1 aliphatic heterocycles. The number of aromatic amines is 1. The lowest BCUT2D eigenvalue weighted by Crippen LogP contribution is -2.24. The van der Waals surface area contributed by atoms with Crippen molar-refractivity contribution in [3.05, 3.63) is 111 Å². The highest BCUT2D eigenvalue weighted by molar-refractivity contribution is 6.23. The van der Waals surface area contributed by atoms with Crippen LogP contribution in [0, 0.1) is 24.0 Å². The van der Waals surface area contributed by atoms with Gasteiger partial charge in [-0.2, -0.15) is 0 Å². The number of benzene rings is 4. The first-order valence-corrected chi connectivity index (χ1v) is 11.6. The smallest absolute Gasteiger partial charge is 0.301 e. The molecule has 0 bridgehead atoms. The summed E-state index contributed by atoms with van der Waals surface area (Å²) in [5.41, 5.74) is 7.09. The van der Waals surface area contributed by atoms with E-state index in [4.69, 9.17) is 0 Å². The third-order valence-electron chi connectivity index (χ3n) is 7.12. The summed E-state index contributed by atoms with van der Waals surface area (Å²) in [4.78, 5) is 31.3. The molecule has 0 radical (unpaired) electrons. The highest BCUT2D eigenvalue weighted by atomic mass is 16.6. The number of nitrogens with one attached hydrogen (secondary N) is 1. The topological polar surface area (TPSA) is 79.2 Å². The Morgan fingerprint density at radius 2 is 1.60 bits per heavy atom. The molecule has 0 aliphatic carbocycles. The van der Waals surface area contributed by atoms with Gasteiger partial charge in [-0.3, -0.25) is 14.9 Å². The molecule has 1 aromatic heterocycles. The maximum Gasteiger partial charge on any atom is 0.301 e. The molecule has 0 unspecified atom stereocenters. The van der Waals surface area contributed by atoms with Gasteiger partial charge < -0.3 is 9.88 Å². The second-order valence-corrected chi connectivity index (χ2v) is 9.15. The SMILES string of the molecule is Cc1cccc(C)c1CN1Cc2c(-c3ccccc3)c([N+](=O)[O-])c3[nH]c4ccccc4c3c2C1=O. The fraction of sp³-hybridized carbons (Fsp3) is 0.138. The summed E-state index contributed by atoms with van der Waals surface area (Å²) in [5, 5.41) is 14.0. The minimum Gasteiger partial charge on any atom is -0.349 e. The van der Waals surface area contributed by atoms with Crippen LogP contribution in [-0.4, -0.2) is 20.7 Å². The van der Waals surface area contributed by atoms with Gasteiger partial charge in [0.2, 0.25) is 0 Å². The normalized spacial score (nSPS) is 13.1. The number of hydrogen-bond acceptors (Lipinski definition) is 3. The molecule has 1 N–H and O–H groups in total. The molecule has 6 nitrogen and oxygen atoms in total. The van der Waals surface area contributed by atoms with Gasteiger partial charge in [-0.25, -0.2) is 0 Å². The maximum absolute atomic E-state index is 14.0. The zero-order valence-corrected chi connectivity index (χ0v) is 19.5. The quantitative estimate of drug-likeness (QED) is 0.240. The number of amides is 1. The van der Waals surface area contributed by atoms with Gasteiger partial charge in [0.05, 0.1) is 16.1 Å². The first kappa shape index (κ1) is 21.1. The van der Waals surface area contributed by atoms with Crippen LogP contribution in [0.25, 0.3) is 32.9 Å². The van der Waals surface area contributed by atoms with E-state index in [1.54, 1.807) is 0 Å². The van der Waals surface area contributed by atoms with Crippen molar-refractivity contribution in [1.29, 1.82) is 0 Å². The van der Waals surface area contributed by atoms with E-state index in [9.17, 15) is 14.9 Å². The molecule has 172 valence electrons. The van der Waals surface area contributed by atoms with Gasteiger partial charge in [0.25, 0.3) is 5.91 Å². The van der Waals surface area contributed by atoms with Crippen LogP contribution in [-0.2, 0) is 13.1 Å². The highest BCUT2D eigenvalue weighted by Crippen LogP contribution is 2.47. The van der Waals surface area contributed by atoms with Gasteiger partial charge in [0, 0.05) is 29.4 Å². The Labute approximate surface area is 202 Å². The minimum atomic E-state index is -0.320. The van der Waals surface area contributed by atoms with Crippen LogP contribution >= 0.6 is 0 Å². The summed E-state index contributed by atoms with van der Waals surface area (Å²) < 4.78 is 0.